The van der Waals surface area contributed by atoms with Gasteiger partial charge in [0.15, 0.2) is 11.5 Å². The number of benzene rings is 1. The van der Waals surface area contributed by atoms with E-state index in [0.717, 1.165) is 6.42 Å². The fourth-order valence-corrected chi connectivity index (χ4v) is 1.84. The summed E-state index contributed by atoms with van der Waals surface area (Å²) in [5.41, 5.74) is -0.0323. The Kier molecular flexibility index (Phi) is 9.65. The Hall–Kier alpha value is -2.72. The Morgan fingerprint density at radius 2 is 1.62 bits per heavy atom. The highest BCUT2D eigenvalue weighted by molar-refractivity contribution is 5.93. The number of hydrogen-bond donors (Lipinski definition) is 0. The van der Waals surface area contributed by atoms with Crippen LogP contribution in [0, 0.1) is 0 Å². The van der Waals surface area contributed by atoms with Crippen LogP contribution in [0.2, 0.25) is 0 Å². The molecule has 0 aliphatic heterocycles. The van der Waals surface area contributed by atoms with Gasteiger partial charge in [-0.3, -0.25) is 4.89 Å². The minimum atomic E-state index is -1.18. The first kappa shape index (κ1) is 21.3. The van der Waals surface area contributed by atoms with Gasteiger partial charge in [-0.2, -0.15) is 0 Å². The molecular weight excluding hydrogens is 352 g/mol. The van der Waals surface area contributed by atoms with E-state index in [1.807, 2.05) is 6.92 Å². The van der Waals surface area contributed by atoms with Crippen molar-refractivity contribution in [3.8, 4) is 17.2 Å². The van der Waals surface area contributed by atoms with Gasteiger partial charge in [0.05, 0.1) is 33.0 Å². The maximum atomic E-state index is 12.0. The van der Waals surface area contributed by atoms with E-state index in [2.05, 4.69) is 19.6 Å². The number of carbonyl (C=O) groups excluding carboxylic acids is 2. The van der Waals surface area contributed by atoms with E-state index in [0.29, 0.717) is 12.4 Å². The van der Waals surface area contributed by atoms with Crippen LogP contribution in [0.4, 0.5) is 4.79 Å². The molecule has 26 heavy (non-hydrogen) atoms. The fraction of sp³-hybridized carbons (Fsp3) is 0.500. The maximum Gasteiger partial charge on any atom is 0.543 e. The van der Waals surface area contributed by atoms with E-state index in [1.165, 1.54) is 33.5 Å². The summed E-state index contributed by atoms with van der Waals surface area (Å²) in [5.74, 6) is -0.373. The number of rotatable bonds is 11. The van der Waals surface area contributed by atoms with Crippen molar-refractivity contribution in [2.45, 2.75) is 13.3 Å². The molecule has 0 saturated carbocycles. The van der Waals surface area contributed by atoms with Gasteiger partial charge in [-0.15, -0.1) is 0 Å². The summed E-state index contributed by atoms with van der Waals surface area (Å²) in [5, 5.41) is 4.13. The fourth-order valence-electron chi connectivity index (χ4n) is 1.84. The molecule has 0 saturated heterocycles. The first-order chi connectivity index (χ1) is 12.6. The summed E-state index contributed by atoms with van der Waals surface area (Å²) < 4.78 is 25.1. The highest BCUT2D eigenvalue weighted by Crippen LogP contribution is 2.39. The van der Waals surface area contributed by atoms with Crippen LogP contribution in [0.3, 0.4) is 0 Å². The van der Waals surface area contributed by atoms with E-state index in [-0.39, 0.29) is 30.3 Å². The van der Waals surface area contributed by atoms with Crippen LogP contribution in [0.1, 0.15) is 23.7 Å². The van der Waals surface area contributed by atoms with Crippen molar-refractivity contribution in [2.75, 3.05) is 41.2 Å². The third-order valence-corrected chi connectivity index (χ3v) is 2.93. The second-order valence-electron chi connectivity index (χ2n) is 4.61. The molecule has 0 radical (unpaired) electrons. The van der Waals surface area contributed by atoms with Crippen LogP contribution in [-0.2, 0) is 24.3 Å². The Morgan fingerprint density at radius 1 is 0.885 bits per heavy atom. The van der Waals surface area contributed by atoms with Crippen molar-refractivity contribution in [1.82, 2.24) is 0 Å². The van der Waals surface area contributed by atoms with Crippen LogP contribution in [0.25, 0.3) is 0 Å². The average molecular weight is 374 g/mol. The molecule has 10 nitrogen and oxygen atoms in total. The lowest BCUT2D eigenvalue weighted by atomic mass is 10.1. The van der Waals surface area contributed by atoms with Gasteiger partial charge < -0.3 is 23.7 Å². The molecule has 0 heterocycles. The molecule has 0 spiro atoms. The van der Waals surface area contributed by atoms with Crippen molar-refractivity contribution in [3.63, 3.8) is 0 Å². The highest BCUT2D eigenvalue weighted by atomic mass is 17.5. The molecule has 1 rings (SSSR count). The lowest BCUT2D eigenvalue weighted by molar-refractivity contribution is -0.452. The smallest absolute Gasteiger partial charge is 0.493 e. The first-order valence-corrected chi connectivity index (χ1v) is 7.67. The summed E-state index contributed by atoms with van der Waals surface area (Å²) >= 11 is 0. The maximum absolute atomic E-state index is 12.0. The summed E-state index contributed by atoms with van der Waals surface area (Å²) in [6.45, 7) is 2.69. The van der Waals surface area contributed by atoms with Gasteiger partial charge in [0, 0.05) is 6.61 Å². The third kappa shape index (κ3) is 6.30. The van der Waals surface area contributed by atoms with Gasteiger partial charge in [0.2, 0.25) is 5.75 Å². The van der Waals surface area contributed by atoms with Crippen LogP contribution in [-0.4, -0.2) is 53.3 Å². The normalized spacial score (nSPS) is 10.0. The molecule has 0 amide bonds. The zero-order chi connectivity index (χ0) is 19.4. The van der Waals surface area contributed by atoms with E-state index in [1.54, 1.807) is 0 Å². The molecule has 0 aliphatic rings. The van der Waals surface area contributed by atoms with Gasteiger partial charge in [-0.1, -0.05) is 6.92 Å². The molecule has 0 N–H and O–H groups in total. The lowest BCUT2D eigenvalue weighted by Gasteiger charge is -2.14. The predicted molar refractivity (Wildman–Crippen MR) is 86.1 cm³/mol. The number of hydrogen-bond acceptors (Lipinski definition) is 10. The van der Waals surface area contributed by atoms with Crippen molar-refractivity contribution in [3.05, 3.63) is 17.7 Å². The minimum absolute atomic E-state index is 0.0281. The molecule has 0 aromatic heterocycles. The highest BCUT2D eigenvalue weighted by Gasteiger charge is 2.23. The average Bonchev–Trinajstić information content (AvgIpc) is 2.66. The minimum Gasteiger partial charge on any atom is -0.493 e. The largest absolute Gasteiger partial charge is 0.543 e. The third-order valence-electron chi connectivity index (χ3n) is 2.93. The number of carbonyl (C=O) groups is 2. The van der Waals surface area contributed by atoms with Gasteiger partial charge in [0.25, 0.3) is 0 Å². The topological polar surface area (TPSA) is 108 Å². The summed E-state index contributed by atoms with van der Waals surface area (Å²) in [6, 6.07) is 2.85. The number of methoxy groups -OCH3 is 3. The van der Waals surface area contributed by atoms with Crippen molar-refractivity contribution in [2.24, 2.45) is 0 Å². The standard InChI is InChI=1S/C16H22O10/c1-5-8-22-9-10-23-16(18)25-26-24-15(17)11-6-7-12(19-2)14(21-4)13(11)20-3/h6-7H,5,8-10H2,1-4H3. The van der Waals surface area contributed by atoms with Gasteiger partial charge in [-0.25, -0.2) is 14.5 Å². The zero-order valence-electron chi connectivity index (χ0n) is 15.1. The van der Waals surface area contributed by atoms with Crippen LogP contribution in [0.5, 0.6) is 17.2 Å². The van der Waals surface area contributed by atoms with Crippen LogP contribution < -0.4 is 14.2 Å². The van der Waals surface area contributed by atoms with Crippen LogP contribution in [0.15, 0.2) is 12.1 Å². The van der Waals surface area contributed by atoms with Gasteiger partial charge in [-0.05, 0) is 18.6 Å². The van der Waals surface area contributed by atoms with Crippen molar-refractivity contribution >= 4 is 12.1 Å². The molecule has 10 heteroatoms. The zero-order valence-corrected chi connectivity index (χ0v) is 15.1. The Labute approximate surface area is 150 Å². The monoisotopic (exact) mass is 374 g/mol. The summed E-state index contributed by atoms with van der Waals surface area (Å²) in [6.07, 6.45) is -0.333. The molecule has 0 aliphatic carbocycles. The van der Waals surface area contributed by atoms with Crippen molar-refractivity contribution in [1.29, 1.82) is 0 Å². The van der Waals surface area contributed by atoms with Crippen LogP contribution >= 0.6 is 0 Å². The van der Waals surface area contributed by atoms with Crippen molar-refractivity contribution < 1.29 is 48.1 Å². The van der Waals surface area contributed by atoms with E-state index in [4.69, 9.17) is 18.9 Å². The van der Waals surface area contributed by atoms with E-state index >= 15 is 0 Å². The second kappa shape index (κ2) is 11.8. The molecule has 1 aromatic rings. The molecular formula is C16H22O10. The predicted octanol–water partition coefficient (Wildman–Crippen LogP) is 2.30. The molecule has 0 atom stereocenters. The second-order valence-corrected chi connectivity index (χ2v) is 4.61. The quantitative estimate of drug-likeness (QED) is 0.248. The Bertz CT molecular complexity index is 587. The Balaban J connectivity index is 2.52. The molecule has 0 fully saturated rings. The number of ether oxygens (including phenoxy) is 5. The summed E-state index contributed by atoms with van der Waals surface area (Å²) in [4.78, 5) is 31.8. The van der Waals surface area contributed by atoms with E-state index < -0.39 is 12.1 Å². The molecule has 0 bridgehead atoms. The van der Waals surface area contributed by atoms with Gasteiger partial charge in [0.1, 0.15) is 12.2 Å². The van der Waals surface area contributed by atoms with E-state index in [9.17, 15) is 9.59 Å². The molecule has 1 aromatic carbocycles. The molecule has 146 valence electrons. The SMILES string of the molecule is CCCOCCOC(=O)OOOC(=O)c1ccc(OC)c(OC)c1OC. The first-order valence-electron chi connectivity index (χ1n) is 7.67. The Morgan fingerprint density at radius 3 is 2.23 bits per heavy atom. The molecule has 0 unspecified atom stereocenters. The van der Waals surface area contributed by atoms with Gasteiger partial charge >= 0.3 is 12.1 Å². The lowest BCUT2D eigenvalue weighted by Crippen LogP contribution is -2.15. The summed E-state index contributed by atoms with van der Waals surface area (Å²) in [7, 11) is 4.16.